The molecule has 0 saturated carbocycles. The molecule has 0 spiro atoms. The third-order valence-electron chi connectivity index (χ3n) is 3.57. The largest absolute Gasteiger partial charge is 0.493 e. The Morgan fingerprint density at radius 2 is 2.15 bits per heavy atom. The number of esters is 1. The van der Waals surface area contributed by atoms with Crippen molar-refractivity contribution in [3.05, 3.63) is 33.9 Å². The Balaban J connectivity index is 2.48. The second kappa shape index (κ2) is 5.90. The summed E-state index contributed by atoms with van der Waals surface area (Å²) in [6, 6.07) is 5.20. The number of methoxy groups -OCH3 is 1. The molecule has 0 N–H and O–H groups in total. The van der Waals surface area contributed by atoms with E-state index in [1.54, 1.807) is 18.2 Å². The molecule has 2 rings (SSSR count). The van der Waals surface area contributed by atoms with E-state index in [0.717, 1.165) is 6.42 Å². The van der Waals surface area contributed by atoms with E-state index in [2.05, 4.69) is 0 Å². The predicted octanol–water partition coefficient (Wildman–Crippen LogP) is 2.39. The van der Waals surface area contributed by atoms with Gasteiger partial charge in [0.25, 0.3) is 0 Å². The molecule has 1 aromatic rings. The molecule has 0 radical (unpaired) electrons. The zero-order valence-corrected chi connectivity index (χ0v) is 11.5. The maximum Gasteiger partial charge on any atom is 0.315 e. The van der Waals surface area contributed by atoms with Crippen LogP contribution in [0.4, 0.5) is 0 Å². The van der Waals surface area contributed by atoms with Crippen molar-refractivity contribution in [3.63, 3.8) is 0 Å². The molecule has 0 aliphatic carbocycles. The highest BCUT2D eigenvalue weighted by molar-refractivity contribution is 5.80. The lowest BCUT2D eigenvalue weighted by molar-refractivity contribution is -0.484. The molecule has 2 atom stereocenters. The number of carbonyl (C=O) groups is 1. The zero-order chi connectivity index (χ0) is 14.7. The number of ether oxygens (including phenoxy) is 2. The maximum absolute atomic E-state index is 12.1. The number of nitro groups is 1. The number of nitrogens with zero attached hydrogens (tertiary/aromatic N) is 1. The monoisotopic (exact) mass is 279 g/mol. The van der Waals surface area contributed by atoms with E-state index in [1.807, 2.05) is 6.92 Å². The van der Waals surface area contributed by atoms with Crippen molar-refractivity contribution < 1.29 is 19.2 Å². The number of hydrogen-bond donors (Lipinski definition) is 0. The highest BCUT2D eigenvalue weighted by Gasteiger charge is 2.41. The van der Waals surface area contributed by atoms with Crippen molar-refractivity contribution in [1.82, 2.24) is 0 Å². The minimum absolute atomic E-state index is 0.278. The van der Waals surface area contributed by atoms with Crippen LogP contribution in [0.3, 0.4) is 0 Å². The van der Waals surface area contributed by atoms with Gasteiger partial charge < -0.3 is 9.47 Å². The topological polar surface area (TPSA) is 78.7 Å². The highest BCUT2D eigenvalue weighted by Crippen LogP contribution is 2.44. The summed E-state index contributed by atoms with van der Waals surface area (Å²) < 4.78 is 10.5. The van der Waals surface area contributed by atoms with Gasteiger partial charge in [0, 0.05) is 10.5 Å². The van der Waals surface area contributed by atoms with Crippen LogP contribution in [0.15, 0.2) is 18.2 Å². The first kappa shape index (κ1) is 14.3. The molecule has 1 aromatic carbocycles. The van der Waals surface area contributed by atoms with Crippen LogP contribution < -0.4 is 9.47 Å². The second-order valence-corrected chi connectivity index (χ2v) is 4.82. The smallest absolute Gasteiger partial charge is 0.315 e. The van der Waals surface area contributed by atoms with Crippen LogP contribution >= 0.6 is 0 Å². The first-order valence-electron chi connectivity index (χ1n) is 6.58. The fraction of sp³-hybridized carbons (Fsp3) is 0.500. The molecule has 0 unspecified atom stereocenters. The Hall–Kier alpha value is -2.11. The number of hydrogen-bond acceptors (Lipinski definition) is 5. The minimum atomic E-state index is -0.468. The Bertz CT molecular complexity index is 528. The van der Waals surface area contributed by atoms with Crippen LogP contribution in [0.25, 0.3) is 0 Å². The SMILES string of the molecule is CCC[C@@H]1C(=O)Oc2c(OC)cccc2[C@@H]1C[N+](=O)[O-]. The fourth-order valence-corrected chi connectivity index (χ4v) is 2.67. The Morgan fingerprint density at radius 3 is 2.75 bits per heavy atom. The summed E-state index contributed by atoms with van der Waals surface area (Å²) in [6.45, 7) is 1.66. The molecule has 6 nitrogen and oxygen atoms in total. The van der Waals surface area contributed by atoms with E-state index in [1.165, 1.54) is 7.11 Å². The van der Waals surface area contributed by atoms with Crippen LogP contribution in [0, 0.1) is 16.0 Å². The van der Waals surface area contributed by atoms with Gasteiger partial charge in [-0.3, -0.25) is 14.9 Å². The number of benzene rings is 1. The summed E-state index contributed by atoms with van der Waals surface area (Å²) in [7, 11) is 1.48. The molecule has 0 amide bonds. The maximum atomic E-state index is 12.1. The average molecular weight is 279 g/mol. The predicted molar refractivity (Wildman–Crippen MR) is 71.6 cm³/mol. The molecular formula is C14H17NO5. The lowest BCUT2D eigenvalue weighted by atomic mass is 9.81. The summed E-state index contributed by atoms with van der Waals surface area (Å²) in [6.07, 6.45) is 1.35. The van der Waals surface area contributed by atoms with Crippen molar-refractivity contribution >= 4 is 5.97 Å². The van der Waals surface area contributed by atoms with Crippen LogP contribution in [0.1, 0.15) is 31.2 Å². The van der Waals surface area contributed by atoms with E-state index in [9.17, 15) is 14.9 Å². The van der Waals surface area contributed by atoms with Crippen LogP contribution in [-0.2, 0) is 4.79 Å². The van der Waals surface area contributed by atoms with Gasteiger partial charge in [-0.1, -0.05) is 25.5 Å². The molecule has 6 heteroatoms. The standard InChI is InChI=1S/C14H17NO5/c1-3-5-10-11(8-15(17)18)9-6-4-7-12(19-2)13(9)20-14(10)16/h4,6-7,10-11H,3,5,8H2,1-2H3/t10-,11-/m0/s1. The Kier molecular flexibility index (Phi) is 4.22. The lowest BCUT2D eigenvalue weighted by Crippen LogP contribution is -2.35. The number of fused-ring (bicyclic) bond motifs is 1. The molecule has 108 valence electrons. The van der Waals surface area contributed by atoms with Crippen LogP contribution in [-0.4, -0.2) is 24.5 Å². The first-order chi connectivity index (χ1) is 9.58. The summed E-state index contributed by atoms with van der Waals surface area (Å²) in [4.78, 5) is 22.6. The third kappa shape index (κ3) is 2.59. The van der Waals surface area contributed by atoms with E-state index in [4.69, 9.17) is 9.47 Å². The average Bonchev–Trinajstić information content (AvgIpc) is 2.41. The summed E-state index contributed by atoms with van der Waals surface area (Å²) >= 11 is 0. The Morgan fingerprint density at radius 1 is 1.40 bits per heavy atom. The number of para-hydroxylation sites is 1. The highest BCUT2D eigenvalue weighted by atomic mass is 16.6. The normalized spacial score (nSPS) is 21.0. The molecule has 0 bridgehead atoms. The van der Waals surface area contributed by atoms with E-state index >= 15 is 0 Å². The van der Waals surface area contributed by atoms with Gasteiger partial charge in [-0.25, -0.2) is 0 Å². The number of carbonyl (C=O) groups excluding carboxylic acids is 1. The van der Waals surface area contributed by atoms with Gasteiger partial charge in [-0.2, -0.15) is 0 Å². The molecule has 1 aliphatic rings. The van der Waals surface area contributed by atoms with Gasteiger partial charge >= 0.3 is 5.97 Å². The molecule has 1 aliphatic heterocycles. The molecule has 0 fully saturated rings. The number of rotatable bonds is 5. The lowest BCUT2D eigenvalue weighted by Gasteiger charge is -2.30. The van der Waals surface area contributed by atoms with E-state index in [0.29, 0.717) is 23.5 Å². The molecular weight excluding hydrogens is 262 g/mol. The third-order valence-corrected chi connectivity index (χ3v) is 3.57. The molecule has 0 aromatic heterocycles. The van der Waals surface area contributed by atoms with Gasteiger partial charge in [0.1, 0.15) is 0 Å². The molecule has 1 heterocycles. The van der Waals surface area contributed by atoms with Crippen molar-refractivity contribution in [2.24, 2.45) is 5.92 Å². The minimum Gasteiger partial charge on any atom is -0.493 e. The van der Waals surface area contributed by atoms with E-state index in [-0.39, 0.29) is 11.5 Å². The van der Waals surface area contributed by atoms with Crippen molar-refractivity contribution in [3.8, 4) is 11.5 Å². The zero-order valence-electron chi connectivity index (χ0n) is 11.5. The Labute approximate surface area is 116 Å². The summed E-state index contributed by atoms with van der Waals surface area (Å²) in [5.74, 6) is -0.588. The molecule has 0 saturated heterocycles. The van der Waals surface area contributed by atoms with Gasteiger partial charge in [0.15, 0.2) is 11.5 Å². The van der Waals surface area contributed by atoms with Gasteiger partial charge in [0.2, 0.25) is 6.54 Å². The van der Waals surface area contributed by atoms with Crippen molar-refractivity contribution in [2.45, 2.75) is 25.7 Å². The van der Waals surface area contributed by atoms with Gasteiger partial charge in [0.05, 0.1) is 18.9 Å². The van der Waals surface area contributed by atoms with Crippen LogP contribution in [0.5, 0.6) is 11.5 Å². The van der Waals surface area contributed by atoms with Gasteiger partial charge in [-0.15, -0.1) is 0 Å². The summed E-state index contributed by atoms with van der Waals surface area (Å²) in [5.41, 5.74) is 0.680. The van der Waals surface area contributed by atoms with Gasteiger partial charge in [-0.05, 0) is 12.5 Å². The summed E-state index contributed by atoms with van der Waals surface area (Å²) in [5, 5.41) is 10.9. The second-order valence-electron chi connectivity index (χ2n) is 4.82. The molecule has 20 heavy (non-hydrogen) atoms. The van der Waals surface area contributed by atoms with E-state index < -0.39 is 17.8 Å². The first-order valence-corrected chi connectivity index (χ1v) is 6.58. The fourth-order valence-electron chi connectivity index (χ4n) is 2.67. The quantitative estimate of drug-likeness (QED) is 0.358. The van der Waals surface area contributed by atoms with Crippen LogP contribution in [0.2, 0.25) is 0 Å². The van der Waals surface area contributed by atoms with Crippen molar-refractivity contribution in [2.75, 3.05) is 13.7 Å². The van der Waals surface area contributed by atoms with Crippen molar-refractivity contribution in [1.29, 1.82) is 0 Å².